The first-order chi connectivity index (χ1) is 11.7. The van der Waals surface area contributed by atoms with Crippen LogP contribution >= 0.6 is 23.2 Å². The van der Waals surface area contributed by atoms with Crippen molar-refractivity contribution in [2.24, 2.45) is 4.99 Å². The van der Waals surface area contributed by atoms with E-state index in [1.807, 2.05) is 0 Å². The van der Waals surface area contributed by atoms with E-state index < -0.39 is 60.5 Å². The van der Waals surface area contributed by atoms with E-state index in [0.29, 0.717) is 12.1 Å². The molecule has 0 bridgehead atoms. The van der Waals surface area contributed by atoms with Crippen LogP contribution in [0.4, 0.5) is 32.0 Å². The lowest BCUT2D eigenvalue weighted by molar-refractivity contribution is -0.137. The van der Waals surface area contributed by atoms with Crippen LogP contribution in [-0.2, 0) is 17.0 Å². The highest BCUT2D eigenvalue weighted by molar-refractivity contribution is 7.88. The van der Waals surface area contributed by atoms with E-state index in [9.17, 15) is 30.6 Å². The summed E-state index contributed by atoms with van der Waals surface area (Å²) in [6.07, 6.45) is -4.77. The topological polar surface area (TPSA) is 77.1 Å². The third kappa shape index (κ3) is 5.18. The van der Waals surface area contributed by atoms with Crippen LogP contribution in [0.25, 0.3) is 0 Å². The minimum Gasteiger partial charge on any atom is -0.293 e. The molecule has 1 rings (SSSR count). The number of aliphatic imine (C=N–C) groups is 1. The fourth-order valence-electron chi connectivity index (χ4n) is 1.73. The normalized spacial score (nSPS) is 15.3. The zero-order chi connectivity index (χ0) is 20.4. The van der Waals surface area contributed by atoms with Crippen molar-refractivity contribution >= 4 is 51.1 Å². The van der Waals surface area contributed by atoms with Gasteiger partial charge >= 0.3 is 11.7 Å². The number of hydrogen-bond acceptors (Lipinski definition) is 4. The molecular formula is C13H7Cl2F6N3OS. The molecular weight excluding hydrogens is 431 g/mol. The van der Waals surface area contributed by atoms with Crippen molar-refractivity contribution in [2.45, 2.75) is 23.9 Å². The quantitative estimate of drug-likeness (QED) is 0.513. The number of nitrogens with one attached hydrogen (secondary N) is 1. The Labute approximate surface area is 155 Å². The molecule has 2 unspecified atom stereocenters. The van der Waals surface area contributed by atoms with Gasteiger partial charge in [0.2, 0.25) is 0 Å². The van der Waals surface area contributed by atoms with Crippen LogP contribution in [0.2, 0.25) is 10.0 Å². The predicted molar refractivity (Wildman–Crippen MR) is 85.6 cm³/mol. The second-order valence-corrected chi connectivity index (χ2v) is 7.03. The van der Waals surface area contributed by atoms with Crippen molar-refractivity contribution in [2.75, 3.05) is 0 Å². The fourth-order valence-corrected chi connectivity index (χ4v) is 3.20. The van der Waals surface area contributed by atoms with Gasteiger partial charge in [-0.05, 0) is 19.1 Å². The summed E-state index contributed by atoms with van der Waals surface area (Å²) in [4.78, 5) is 3.59. The zero-order valence-electron chi connectivity index (χ0n) is 12.5. The Bertz CT molecular complexity index is 806. The van der Waals surface area contributed by atoms with E-state index in [2.05, 4.69) is 4.99 Å². The molecule has 26 heavy (non-hydrogen) atoms. The summed E-state index contributed by atoms with van der Waals surface area (Å²) < 4.78 is 87.7. The smallest absolute Gasteiger partial charge is 0.293 e. The van der Waals surface area contributed by atoms with E-state index in [4.69, 9.17) is 33.9 Å². The first kappa shape index (κ1) is 22.4. The zero-order valence-corrected chi connectivity index (χ0v) is 14.8. The van der Waals surface area contributed by atoms with Gasteiger partial charge in [0.25, 0.3) is 0 Å². The number of nitrogens with zero attached hydrogens (tertiary/aromatic N) is 2. The van der Waals surface area contributed by atoms with Gasteiger partial charge < -0.3 is 0 Å². The van der Waals surface area contributed by atoms with Crippen LogP contribution in [0, 0.1) is 16.7 Å². The Morgan fingerprint density at radius 1 is 1.23 bits per heavy atom. The van der Waals surface area contributed by atoms with Crippen LogP contribution in [0.15, 0.2) is 17.1 Å². The number of hydrogen-bond donors (Lipinski definition) is 1. The first-order valence-electron chi connectivity index (χ1n) is 6.27. The minimum atomic E-state index is -5.25. The summed E-state index contributed by atoms with van der Waals surface area (Å²) in [5.41, 5.74) is -8.78. The Kier molecular flexibility index (Phi) is 6.84. The Hall–Kier alpha value is -1.64. The minimum absolute atomic E-state index is 0.463. The highest BCUT2D eigenvalue weighted by Gasteiger charge is 2.45. The molecule has 0 radical (unpaired) electrons. The Balaban J connectivity index is 3.48. The van der Waals surface area contributed by atoms with Gasteiger partial charge in [-0.25, -0.2) is 4.21 Å². The second-order valence-electron chi connectivity index (χ2n) is 4.69. The fraction of sp³-hybridized carbons (Fsp3) is 0.308. The molecule has 0 fully saturated rings. The van der Waals surface area contributed by atoms with Crippen LogP contribution in [0.1, 0.15) is 12.5 Å². The molecule has 0 spiro atoms. The molecule has 0 heterocycles. The molecule has 0 aliphatic rings. The van der Waals surface area contributed by atoms with E-state index in [0.717, 1.165) is 13.0 Å². The second kappa shape index (κ2) is 7.94. The van der Waals surface area contributed by atoms with Gasteiger partial charge in [0.1, 0.15) is 33.5 Å². The number of rotatable bonds is 4. The number of benzene rings is 1. The van der Waals surface area contributed by atoms with E-state index in [-0.39, 0.29) is 0 Å². The average Bonchev–Trinajstić information content (AvgIpc) is 2.48. The maximum Gasteiger partial charge on any atom is 0.472 e. The highest BCUT2D eigenvalue weighted by Crippen LogP contribution is 2.40. The van der Waals surface area contributed by atoms with Crippen molar-refractivity contribution in [1.29, 1.82) is 10.7 Å². The van der Waals surface area contributed by atoms with Crippen LogP contribution in [0.3, 0.4) is 0 Å². The molecule has 0 amide bonds. The van der Waals surface area contributed by atoms with Gasteiger partial charge in [-0.3, -0.25) is 10.4 Å². The molecule has 0 aliphatic carbocycles. The van der Waals surface area contributed by atoms with Gasteiger partial charge in [0, 0.05) is 5.71 Å². The van der Waals surface area contributed by atoms with Gasteiger partial charge in [0.15, 0.2) is 0 Å². The summed E-state index contributed by atoms with van der Waals surface area (Å²) in [5, 5.41) is 12.4. The molecule has 142 valence electrons. The first-order valence-corrected chi connectivity index (χ1v) is 8.24. The molecule has 13 heteroatoms. The monoisotopic (exact) mass is 437 g/mol. The van der Waals surface area contributed by atoms with E-state index in [1.165, 1.54) is 0 Å². The van der Waals surface area contributed by atoms with Crippen molar-refractivity contribution in [3.8, 4) is 6.07 Å². The number of nitriles is 1. The lowest BCUT2D eigenvalue weighted by Gasteiger charge is -2.16. The summed E-state index contributed by atoms with van der Waals surface area (Å²) in [6, 6.07) is 2.06. The molecule has 0 saturated heterocycles. The third-order valence-electron chi connectivity index (χ3n) is 2.84. The molecule has 4 nitrogen and oxygen atoms in total. The lowest BCUT2D eigenvalue weighted by atomic mass is 10.1. The maximum absolute atomic E-state index is 12.7. The Morgan fingerprint density at radius 3 is 2.04 bits per heavy atom. The number of halogens is 8. The summed E-state index contributed by atoms with van der Waals surface area (Å²) in [6.45, 7) is 0.921. The molecule has 1 aromatic carbocycles. The van der Waals surface area contributed by atoms with Gasteiger partial charge in [0.05, 0.1) is 15.6 Å². The van der Waals surface area contributed by atoms with Crippen LogP contribution in [0.5, 0.6) is 0 Å². The SMILES string of the molecule is CC(=Nc1c(Cl)cc(C(F)(F)F)cc1Cl)C(C(=N)C#N)S(=O)C(F)(F)F. The molecule has 2 atom stereocenters. The summed E-state index contributed by atoms with van der Waals surface area (Å²) in [5.74, 6) is 0. The Morgan fingerprint density at radius 2 is 1.69 bits per heavy atom. The van der Waals surface area contributed by atoms with Gasteiger partial charge in [-0.1, -0.05) is 23.2 Å². The third-order valence-corrected chi connectivity index (χ3v) is 4.87. The molecule has 0 saturated carbocycles. The average molecular weight is 438 g/mol. The molecule has 0 aliphatic heterocycles. The summed E-state index contributed by atoms with van der Waals surface area (Å²) in [7, 11) is -3.68. The molecule has 0 aromatic heterocycles. The maximum atomic E-state index is 12.7. The predicted octanol–water partition coefficient (Wildman–Crippen LogP) is 5.29. The van der Waals surface area contributed by atoms with Crippen LogP contribution < -0.4 is 0 Å². The van der Waals surface area contributed by atoms with Crippen LogP contribution in [-0.4, -0.2) is 26.4 Å². The van der Waals surface area contributed by atoms with Crippen molar-refractivity contribution in [3.63, 3.8) is 0 Å². The number of alkyl halides is 6. The van der Waals surface area contributed by atoms with E-state index in [1.54, 1.807) is 0 Å². The van der Waals surface area contributed by atoms with Crippen molar-refractivity contribution in [3.05, 3.63) is 27.7 Å². The van der Waals surface area contributed by atoms with Gasteiger partial charge in [-0.15, -0.1) is 0 Å². The lowest BCUT2D eigenvalue weighted by Crippen LogP contribution is -2.38. The van der Waals surface area contributed by atoms with Crippen molar-refractivity contribution < 1.29 is 30.6 Å². The molecule has 1 aromatic rings. The van der Waals surface area contributed by atoms with Crippen molar-refractivity contribution in [1.82, 2.24) is 0 Å². The largest absolute Gasteiger partial charge is 0.472 e. The van der Waals surface area contributed by atoms with E-state index >= 15 is 0 Å². The standard InChI is InChI=1S/C13H7Cl2F6N3OS/c1-5(11(9(23)4-22)26(25)13(19,20)21)24-10-7(14)2-6(3-8(10)15)12(16,17)18/h2-3,11,23H,1H3. The highest BCUT2D eigenvalue weighted by atomic mass is 35.5. The van der Waals surface area contributed by atoms with Gasteiger partial charge in [-0.2, -0.15) is 31.6 Å². The molecule has 1 N–H and O–H groups in total. The summed E-state index contributed by atoms with van der Waals surface area (Å²) >= 11 is 11.3.